The minimum atomic E-state index is -4.50. The number of hydrogen-bond acceptors (Lipinski definition) is 2. The third-order valence-corrected chi connectivity index (χ3v) is 2.65. The lowest BCUT2D eigenvalue weighted by molar-refractivity contribution is -0.137. The number of alkyl halides is 3. The molecule has 1 atom stereocenters. The maximum atomic E-state index is 13.5. The number of halogens is 4. The summed E-state index contributed by atoms with van der Waals surface area (Å²) in [5.41, 5.74) is -0.443. The maximum Gasteiger partial charge on any atom is 0.416 e. The van der Waals surface area contributed by atoms with Crippen molar-refractivity contribution in [3.8, 4) is 0 Å². The average Bonchev–Trinajstić information content (AvgIpc) is 2.84. The summed E-state index contributed by atoms with van der Waals surface area (Å²) in [4.78, 5) is 0. The number of nitrogens with zero attached hydrogens (tertiary/aromatic N) is 1. The smallest absolute Gasteiger partial charge is 0.375 e. The summed E-state index contributed by atoms with van der Waals surface area (Å²) >= 11 is 0. The summed E-state index contributed by atoms with van der Waals surface area (Å²) < 4.78 is 51.1. The molecule has 0 spiro atoms. The van der Waals surface area contributed by atoms with Crippen LogP contribution in [0, 0.1) is 5.82 Å². The largest absolute Gasteiger partial charge is 0.416 e. The van der Waals surface area contributed by atoms with Crippen molar-refractivity contribution >= 4 is 5.69 Å². The normalized spacial score (nSPS) is 13.3. The van der Waals surface area contributed by atoms with Crippen molar-refractivity contribution in [1.29, 1.82) is 0 Å². The lowest BCUT2D eigenvalue weighted by Gasteiger charge is -2.16. The molecule has 1 aromatic heterocycles. The molecule has 1 aromatic carbocycles. The van der Waals surface area contributed by atoms with Gasteiger partial charge in [0.1, 0.15) is 5.82 Å². The summed E-state index contributed by atoms with van der Waals surface area (Å²) in [5, 5.41) is 9.07. The first-order valence-electron chi connectivity index (χ1n) is 5.50. The number of aromatic nitrogens is 2. The fourth-order valence-corrected chi connectivity index (χ4v) is 1.63. The van der Waals surface area contributed by atoms with E-state index < -0.39 is 17.6 Å². The second kappa shape index (κ2) is 4.91. The molecule has 19 heavy (non-hydrogen) atoms. The number of rotatable bonds is 3. The number of anilines is 1. The van der Waals surface area contributed by atoms with Gasteiger partial charge >= 0.3 is 6.18 Å². The number of aromatic amines is 1. The van der Waals surface area contributed by atoms with Crippen molar-refractivity contribution in [3.63, 3.8) is 0 Å². The van der Waals surface area contributed by atoms with Crippen molar-refractivity contribution in [1.82, 2.24) is 10.2 Å². The molecule has 0 saturated carbocycles. The molecule has 2 aromatic rings. The second-order valence-corrected chi connectivity index (χ2v) is 4.07. The topological polar surface area (TPSA) is 40.7 Å². The van der Waals surface area contributed by atoms with Crippen LogP contribution in [0.15, 0.2) is 30.5 Å². The molecule has 0 fully saturated rings. The average molecular weight is 273 g/mol. The van der Waals surface area contributed by atoms with Crippen LogP contribution < -0.4 is 5.32 Å². The van der Waals surface area contributed by atoms with E-state index in [-0.39, 0.29) is 11.7 Å². The van der Waals surface area contributed by atoms with Crippen molar-refractivity contribution in [3.05, 3.63) is 47.5 Å². The molecule has 102 valence electrons. The second-order valence-electron chi connectivity index (χ2n) is 4.07. The van der Waals surface area contributed by atoms with Crippen molar-refractivity contribution in [2.75, 3.05) is 5.32 Å². The van der Waals surface area contributed by atoms with E-state index in [1.807, 2.05) is 0 Å². The maximum absolute atomic E-state index is 13.5. The quantitative estimate of drug-likeness (QED) is 0.836. The van der Waals surface area contributed by atoms with Crippen LogP contribution in [0.3, 0.4) is 0 Å². The fourth-order valence-electron chi connectivity index (χ4n) is 1.63. The molecule has 1 heterocycles. The molecule has 2 N–H and O–H groups in total. The predicted octanol–water partition coefficient (Wildman–Crippen LogP) is 3.74. The molecular weight excluding hydrogens is 262 g/mol. The van der Waals surface area contributed by atoms with Gasteiger partial charge in [-0.3, -0.25) is 5.10 Å². The first kappa shape index (κ1) is 13.4. The zero-order valence-corrected chi connectivity index (χ0v) is 9.92. The van der Waals surface area contributed by atoms with Crippen molar-refractivity contribution < 1.29 is 17.6 Å². The van der Waals surface area contributed by atoms with Gasteiger partial charge in [-0.05, 0) is 31.2 Å². The highest BCUT2D eigenvalue weighted by atomic mass is 19.4. The van der Waals surface area contributed by atoms with Gasteiger partial charge in [0.15, 0.2) is 0 Å². The molecule has 7 heteroatoms. The van der Waals surface area contributed by atoms with Gasteiger partial charge < -0.3 is 5.32 Å². The summed E-state index contributed by atoms with van der Waals surface area (Å²) in [6, 6.07) is 3.53. The number of hydrogen-bond donors (Lipinski definition) is 2. The molecule has 0 aliphatic rings. The Bertz CT molecular complexity index is 549. The predicted molar refractivity (Wildman–Crippen MR) is 62.0 cm³/mol. The highest BCUT2D eigenvalue weighted by Crippen LogP contribution is 2.32. The van der Waals surface area contributed by atoms with E-state index in [1.165, 1.54) is 6.20 Å². The van der Waals surface area contributed by atoms with Crippen LogP contribution >= 0.6 is 0 Å². The molecule has 3 nitrogen and oxygen atoms in total. The molecule has 0 radical (unpaired) electrons. The summed E-state index contributed by atoms with van der Waals surface area (Å²) in [5.74, 6) is -0.737. The molecule has 0 amide bonds. The molecular formula is C12H11F4N3. The van der Waals surface area contributed by atoms with E-state index in [0.717, 1.165) is 12.1 Å². The van der Waals surface area contributed by atoms with Crippen LogP contribution in [-0.4, -0.2) is 10.2 Å². The van der Waals surface area contributed by atoms with Gasteiger partial charge in [0, 0.05) is 6.20 Å². The first-order chi connectivity index (χ1) is 8.88. The number of nitrogens with one attached hydrogen (secondary N) is 2. The minimum Gasteiger partial charge on any atom is -0.375 e. The number of H-pyrrole nitrogens is 1. The van der Waals surface area contributed by atoms with Crippen LogP contribution in [0.25, 0.3) is 0 Å². The molecule has 0 bridgehead atoms. The third kappa shape index (κ3) is 3.04. The van der Waals surface area contributed by atoms with Gasteiger partial charge in [0.25, 0.3) is 0 Å². The van der Waals surface area contributed by atoms with E-state index in [2.05, 4.69) is 15.5 Å². The Labute approximate surface area is 106 Å². The molecule has 2 rings (SSSR count). The monoisotopic (exact) mass is 273 g/mol. The van der Waals surface area contributed by atoms with Gasteiger partial charge in [-0.1, -0.05) is 0 Å². The van der Waals surface area contributed by atoms with Gasteiger partial charge in [-0.15, -0.1) is 0 Å². The zero-order valence-electron chi connectivity index (χ0n) is 9.92. The van der Waals surface area contributed by atoms with Gasteiger partial charge in [-0.25, -0.2) is 4.39 Å². The Morgan fingerprint density at radius 1 is 1.26 bits per heavy atom. The van der Waals surface area contributed by atoms with Gasteiger partial charge in [0.2, 0.25) is 0 Å². The highest BCUT2D eigenvalue weighted by Gasteiger charge is 2.31. The standard InChI is InChI=1S/C12H11F4N3/c1-7(10-4-5-17-19-10)18-11-6-8(12(14,15)16)2-3-9(11)13/h2-7,18H,1H3,(H,17,19). The van der Waals surface area contributed by atoms with Crippen LogP contribution in [0.5, 0.6) is 0 Å². The lowest BCUT2D eigenvalue weighted by atomic mass is 10.1. The number of benzene rings is 1. The van der Waals surface area contributed by atoms with E-state index in [1.54, 1.807) is 13.0 Å². The summed E-state index contributed by atoms with van der Waals surface area (Å²) in [6.07, 6.45) is -2.99. The van der Waals surface area contributed by atoms with Crippen molar-refractivity contribution in [2.45, 2.75) is 19.1 Å². The van der Waals surface area contributed by atoms with Gasteiger partial charge in [0.05, 0.1) is 23.0 Å². The highest BCUT2D eigenvalue weighted by molar-refractivity contribution is 5.49. The molecule has 0 saturated heterocycles. The Morgan fingerprint density at radius 2 is 2.00 bits per heavy atom. The summed E-state index contributed by atoms with van der Waals surface area (Å²) in [7, 11) is 0. The Morgan fingerprint density at radius 3 is 2.58 bits per heavy atom. The summed E-state index contributed by atoms with van der Waals surface area (Å²) in [6.45, 7) is 1.69. The van der Waals surface area contributed by atoms with Crippen LogP contribution in [0.2, 0.25) is 0 Å². The van der Waals surface area contributed by atoms with Crippen LogP contribution in [-0.2, 0) is 6.18 Å². The Hall–Kier alpha value is -2.05. The lowest BCUT2D eigenvalue weighted by Crippen LogP contribution is -2.11. The van der Waals surface area contributed by atoms with Crippen LogP contribution in [0.4, 0.5) is 23.2 Å². The van der Waals surface area contributed by atoms with E-state index in [9.17, 15) is 17.6 Å². The van der Waals surface area contributed by atoms with E-state index in [0.29, 0.717) is 11.8 Å². The third-order valence-electron chi connectivity index (χ3n) is 2.65. The van der Waals surface area contributed by atoms with Crippen molar-refractivity contribution in [2.24, 2.45) is 0 Å². The van der Waals surface area contributed by atoms with Crippen LogP contribution in [0.1, 0.15) is 24.2 Å². The molecule has 0 aliphatic heterocycles. The molecule has 1 unspecified atom stereocenters. The molecule has 0 aliphatic carbocycles. The van der Waals surface area contributed by atoms with Gasteiger partial charge in [-0.2, -0.15) is 18.3 Å². The fraction of sp³-hybridized carbons (Fsp3) is 0.250. The van der Waals surface area contributed by atoms with E-state index >= 15 is 0 Å². The zero-order chi connectivity index (χ0) is 14.0. The van der Waals surface area contributed by atoms with E-state index in [4.69, 9.17) is 0 Å². The Balaban J connectivity index is 2.25. The SMILES string of the molecule is CC(Nc1cc(C(F)(F)F)ccc1F)c1ccn[nH]1. The minimum absolute atomic E-state index is 0.197. The first-order valence-corrected chi connectivity index (χ1v) is 5.50. The Kier molecular flexibility index (Phi) is 3.46.